The molecule has 1 unspecified atom stereocenters. The van der Waals surface area contributed by atoms with E-state index in [9.17, 15) is 19.5 Å². The maximum atomic E-state index is 12.9. The second kappa shape index (κ2) is 9.36. The van der Waals surface area contributed by atoms with Crippen molar-refractivity contribution in [1.29, 1.82) is 0 Å². The van der Waals surface area contributed by atoms with Crippen LogP contribution in [0.3, 0.4) is 0 Å². The predicted molar refractivity (Wildman–Crippen MR) is 131 cm³/mol. The first-order valence-electron chi connectivity index (χ1n) is 12.5. The van der Waals surface area contributed by atoms with Crippen LogP contribution in [0.4, 0.5) is 4.79 Å². The monoisotopic (exact) mass is 476 g/mol. The van der Waals surface area contributed by atoms with E-state index in [0.29, 0.717) is 25.9 Å². The first kappa shape index (κ1) is 23.4. The highest BCUT2D eigenvalue weighted by molar-refractivity contribution is 5.90. The van der Waals surface area contributed by atoms with Crippen molar-refractivity contribution < 1.29 is 24.2 Å². The minimum Gasteiger partial charge on any atom is -0.479 e. The molecular weight excluding hydrogens is 444 g/mol. The van der Waals surface area contributed by atoms with Crippen LogP contribution in [0.15, 0.2) is 48.5 Å². The molecule has 3 atom stereocenters. The number of amides is 2. The number of benzene rings is 2. The third-order valence-electron chi connectivity index (χ3n) is 7.93. The Hall–Kier alpha value is -3.35. The average molecular weight is 477 g/mol. The van der Waals surface area contributed by atoms with E-state index in [1.165, 1.54) is 22.3 Å². The van der Waals surface area contributed by atoms with Gasteiger partial charge in [-0.2, -0.15) is 0 Å². The smallest absolute Gasteiger partial charge is 0.407 e. The molecule has 1 saturated heterocycles. The number of aliphatic carboxylic acids is 1. The van der Waals surface area contributed by atoms with Crippen molar-refractivity contribution in [3.05, 3.63) is 59.7 Å². The summed E-state index contributed by atoms with van der Waals surface area (Å²) in [7, 11) is 0. The van der Waals surface area contributed by atoms with E-state index in [0.717, 1.165) is 12.8 Å². The van der Waals surface area contributed by atoms with E-state index in [-0.39, 0.29) is 36.7 Å². The van der Waals surface area contributed by atoms with Crippen molar-refractivity contribution in [3.63, 3.8) is 0 Å². The lowest BCUT2D eigenvalue weighted by Crippen LogP contribution is -2.51. The lowest BCUT2D eigenvalue weighted by atomic mass is 9.98. The summed E-state index contributed by atoms with van der Waals surface area (Å²) in [5.41, 5.74) is 3.75. The first-order chi connectivity index (χ1) is 16.9. The number of hydrogen-bond donors (Lipinski definition) is 2. The third kappa shape index (κ3) is 4.28. The number of nitrogens with one attached hydrogen (secondary N) is 1. The molecule has 2 aromatic carbocycles. The van der Waals surface area contributed by atoms with Crippen molar-refractivity contribution in [2.24, 2.45) is 11.8 Å². The summed E-state index contributed by atoms with van der Waals surface area (Å²) in [6, 6.07) is 16.4. The highest BCUT2D eigenvalue weighted by atomic mass is 16.5. The Morgan fingerprint density at radius 2 is 1.77 bits per heavy atom. The molecule has 184 valence electrons. The molecule has 0 aromatic heterocycles. The van der Waals surface area contributed by atoms with Gasteiger partial charge >= 0.3 is 12.1 Å². The Morgan fingerprint density at radius 1 is 1.11 bits per heavy atom. The number of ether oxygens (including phenoxy) is 1. The topological polar surface area (TPSA) is 95.9 Å². The summed E-state index contributed by atoms with van der Waals surface area (Å²) < 4.78 is 5.57. The minimum absolute atomic E-state index is 0.0158. The first-order valence-corrected chi connectivity index (χ1v) is 12.5. The van der Waals surface area contributed by atoms with Crippen molar-refractivity contribution >= 4 is 18.0 Å². The van der Waals surface area contributed by atoms with Crippen LogP contribution in [0.2, 0.25) is 0 Å². The van der Waals surface area contributed by atoms with Gasteiger partial charge in [-0.05, 0) is 59.8 Å². The Balaban J connectivity index is 1.08. The largest absolute Gasteiger partial charge is 0.479 e. The summed E-state index contributed by atoms with van der Waals surface area (Å²) in [6.07, 6.45) is 2.76. The lowest BCUT2D eigenvalue weighted by Gasteiger charge is -2.34. The van der Waals surface area contributed by atoms with Crippen LogP contribution in [0, 0.1) is 11.8 Å². The van der Waals surface area contributed by atoms with Crippen LogP contribution in [0.5, 0.6) is 0 Å². The molecule has 0 radical (unpaired) electrons. The molecule has 7 nitrogen and oxygen atoms in total. The molecule has 5 rings (SSSR count). The van der Waals surface area contributed by atoms with E-state index in [2.05, 4.69) is 29.6 Å². The van der Waals surface area contributed by atoms with Crippen LogP contribution >= 0.6 is 0 Å². The second-order valence-corrected chi connectivity index (χ2v) is 10.2. The average Bonchev–Trinajstić information content (AvgIpc) is 3.53. The number of carbonyl (C=O) groups excluding carboxylic acids is 2. The maximum Gasteiger partial charge on any atom is 0.407 e. The van der Waals surface area contributed by atoms with Crippen molar-refractivity contribution in [2.45, 2.75) is 50.5 Å². The zero-order valence-electron chi connectivity index (χ0n) is 20.0. The van der Waals surface area contributed by atoms with Gasteiger partial charge in [0, 0.05) is 25.4 Å². The molecule has 1 heterocycles. The van der Waals surface area contributed by atoms with E-state index in [1.54, 1.807) is 4.90 Å². The molecule has 0 bridgehead atoms. The number of nitrogens with zero attached hydrogens (tertiary/aromatic N) is 1. The number of carboxylic acid groups (broad SMARTS) is 1. The normalized spacial score (nSPS) is 23.0. The fourth-order valence-electron chi connectivity index (χ4n) is 5.99. The fourth-order valence-corrected chi connectivity index (χ4v) is 5.99. The second-order valence-electron chi connectivity index (χ2n) is 10.2. The van der Waals surface area contributed by atoms with Gasteiger partial charge in [0.05, 0.1) is 0 Å². The van der Waals surface area contributed by atoms with E-state index < -0.39 is 17.6 Å². The zero-order chi connectivity index (χ0) is 24.6. The number of carbonyl (C=O) groups is 3. The van der Waals surface area contributed by atoms with E-state index >= 15 is 0 Å². The Labute approximate surface area is 205 Å². The number of hydrogen-bond acceptors (Lipinski definition) is 4. The van der Waals surface area contributed by atoms with Gasteiger partial charge in [-0.25, -0.2) is 9.59 Å². The Kier molecular flexibility index (Phi) is 6.26. The number of likely N-dealkylation sites (tertiary alicyclic amines) is 1. The molecule has 2 amide bonds. The highest BCUT2D eigenvalue weighted by Crippen LogP contribution is 2.54. The van der Waals surface area contributed by atoms with Gasteiger partial charge in [0.15, 0.2) is 0 Å². The van der Waals surface area contributed by atoms with Crippen LogP contribution in [0.25, 0.3) is 11.1 Å². The molecule has 3 aliphatic rings. The van der Waals surface area contributed by atoms with E-state index in [4.69, 9.17) is 4.74 Å². The van der Waals surface area contributed by atoms with Gasteiger partial charge in [0.2, 0.25) is 5.91 Å². The number of carboxylic acids is 1. The van der Waals surface area contributed by atoms with Crippen LogP contribution < -0.4 is 5.32 Å². The number of fused-ring (bicyclic) bond motifs is 4. The van der Waals surface area contributed by atoms with Gasteiger partial charge in [0.25, 0.3) is 0 Å². The highest BCUT2D eigenvalue weighted by Gasteiger charge is 2.66. The van der Waals surface area contributed by atoms with E-state index in [1.807, 2.05) is 31.2 Å². The number of alkyl carbamates (subject to hydrolysis) is 1. The Bertz CT molecular complexity index is 1100. The number of piperidine rings is 1. The zero-order valence-corrected chi connectivity index (χ0v) is 20.0. The standard InChI is InChI=1S/C28H32N2O5/c1-18(15-25(31)30-14-6-7-19-16-28(19,30)26(32)33)12-13-29-27(34)35-17-24-22-10-4-2-8-20(22)21-9-3-5-11-23(21)24/h2-5,8-11,18-19,24H,6-7,12-17H2,1H3,(H,29,34)(H,32,33)/t18?,19-,28+/m0/s1. The van der Waals surface area contributed by atoms with Gasteiger partial charge in [-0.15, -0.1) is 0 Å². The number of rotatable bonds is 8. The molecule has 0 spiro atoms. The molecule has 1 saturated carbocycles. The molecule has 2 N–H and O–H groups in total. The van der Waals surface area contributed by atoms with Gasteiger partial charge < -0.3 is 20.1 Å². The third-order valence-corrected chi connectivity index (χ3v) is 7.93. The van der Waals surface area contributed by atoms with Gasteiger partial charge in [-0.1, -0.05) is 55.5 Å². The van der Waals surface area contributed by atoms with Crippen molar-refractivity contribution in [3.8, 4) is 11.1 Å². The Morgan fingerprint density at radius 3 is 2.43 bits per heavy atom. The van der Waals surface area contributed by atoms with Crippen LogP contribution in [0.1, 0.15) is 56.1 Å². The summed E-state index contributed by atoms with van der Waals surface area (Å²) in [6.45, 7) is 3.14. The quantitative estimate of drug-likeness (QED) is 0.589. The summed E-state index contributed by atoms with van der Waals surface area (Å²) in [5.74, 6) is -0.824. The summed E-state index contributed by atoms with van der Waals surface area (Å²) >= 11 is 0. The molecule has 2 aliphatic carbocycles. The fraction of sp³-hybridized carbons (Fsp3) is 0.464. The molecule has 1 aliphatic heterocycles. The summed E-state index contributed by atoms with van der Waals surface area (Å²) in [5, 5.41) is 12.5. The molecule has 2 fully saturated rings. The molecule has 35 heavy (non-hydrogen) atoms. The minimum atomic E-state index is -0.964. The molecule has 7 heteroatoms. The summed E-state index contributed by atoms with van der Waals surface area (Å²) in [4.78, 5) is 38.6. The predicted octanol–water partition coefficient (Wildman–Crippen LogP) is 4.41. The van der Waals surface area contributed by atoms with Crippen molar-refractivity contribution in [1.82, 2.24) is 10.2 Å². The SMILES string of the molecule is CC(CCNC(=O)OCC1c2ccccc2-c2ccccc21)CC(=O)N1CCC[C@H]2C[C@]21C(=O)O. The molecular formula is C28H32N2O5. The van der Waals surface area contributed by atoms with Crippen LogP contribution in [-0.4, -0.2) is 53.2 Å². The van der Waals surface area contributed by atoms with Gasteiger partial charge in [0.1, 0.15) is 12.1 Å². The lowest BCUT2D eigenvalue weighted by molar-refractivity contribution is -0.155. The molecule has 2 aromatic rings. The maximum absolute atomic E-state index is 12.9. The van der Waals surface area contributed by atoms with Crippen LogP contribution in [-0.2, 0) is 14.3 Å². The van der Waals surface area contributed by atoms with Gasteiger partial charge in [-0.3, -0.25) is 4.79 Å². The van der Waals surface area contributed by atoms with Crippen molar-refractivity contribution in [2.75, 3.05) is 19.7 Å².